The Morgan fingerprint density at radius 2 is 1.56 bits per heavy atom. The smallest absolute Gasteiger partial charge is 0.409 e. The van der Waals surface area contributed by atoms with Crippen molar-refractivity contribution in [2.45, 2.75) is 76.8 Å². The SMILES string of the molecule is COC(=O)CC1CCC(N2CCN(C(=O)[C@H](C)Cc3ccc(O)c(Br)c3)CC2)CC1.COC(=O)N1CCC(N2CCc3ccccc3NC2=O)CC1. The summed E-state index contributed by atoms with van der Waals surface area (Å²) >= 11 is 3.34. The molecule has 4 aliphatic rings. The molecule has 12 nitrogen and oxygen atoms in total. The van der Waals surface area contributed by atoms with Crippen LogP contribution in [0, 0.1) is 11.8 Å². The molecule has 6 rings (SSSR count). The third-order valence-electron chi connectivity index (χ3n) is 11.1. The van der Waals surface area contributed by atoms with Crippen molar-refractivity contribution in [2.24, 2.45) is 11.8 Å². The number of carbonyl (C=O) groups is 4. The van der Waals surface area contributed by atoms with Crippen molar-refractivity contribution >= 4 is 45.6 Å². The number of fused-ring (bicyclic) bond motifs is 1. The van der Waals surface area contributed by atoms with Crippen LogP contribution in [0.3, 0.4) is 0 Å². The number of rotatable bonds is 7. The number of esters is 1. The number of nitrogens with zero attached hydrogens (tertiary/aromatic N) is 4. The second-order valence-corrected chi connectivity index (χ2v) is 15.3. The van der Waals surface area contributed by atoms with E-state index in [0.29, 0.717) is 48.9 Å². The number of piperidine rings is 1. The van der Waals surface area contributed by atoms with Crippen LogP contribution in [0.2, 0.25) is 0 Å². The normalized spacial score (nSPS) is 21.8. The lowest BCUT2D eigenvalue weighted by atomic mass is 9.83. The molecule has 1 atom stereocenters. The molecule has 1 aliphatic carbocycles. The van der Waals surface area contributed by atoms with Gasteiger partial charge in [0.15, 0.2) is 0 Å². The zero-order valence-corrected chi connectivity index (χ0v) is 32.3. The van der Waals surface area contributed by atoms with Gasteiger partial charge in [-0.1, -0.05) is 31.2 Å². The second-order valence-electron chi connectivity index (χ2n) is 14.4. The number of methoxy groups -OCH3 is 2. The van der Waals surface area contributed by atoms with Gasteiger partial charge in [0.2, 0.25) is 5.91 Å². The molecule has 2 aromatic carbocycles. The highest BCUT2D eigenvalue weighted by molar-refractivity contribution is 9.10. The molecule has 0 radical (unpaired) electrons. The predicted molar refractivity (Wildman–Crippen MR) is 202 cm³/mol. The van der Waals surface area contributed by atoms with Gasteiger partial charge in [-0.2, -0.15) is 0 Å². The number of hydrogen-bond acceptors (Lipinski definition) is 8. The van der Waals surface area contributed by atoms with Gasteiger partial charge in [0.25, 0.3) is 0 Å². The molecule has 3 heterocycles. The number of phenols is 1. The lowest BCUT2D eigenvalue weighted by Gasteiger charge is -2.42. The molecule has 2 N–H and O–H groups in total. The molecule has 0 aromatic heterocycles. The minimum Gasteiger partial charge on any atom is -0.507 e. The predicted octanol–water partition coefficient (Wildman–Crippen LogP) is 5.91. The van der Waals surface area contributed by atoms with Crippen molar-refractivity contribution in [2.75, 3.05) is 65.3 Å². The molecule has 284 valence electrons. The van der Waals surface area contributed by atoms with E-state index >= 15 is 0 Å². The number of carbonyl (C=O) groups excluding carboxylic acids is 4. The van der Waals surface area contributed by atoms with E-state index in [4.69, 9.17) is 9.47 Å². The minimum absolute atomic E-state index is 0.0403. The third-order valence-corrected chi connectivity index (χ3v) is 11.7. The van der Waals surface area contributed by atoms with Crippen LogP contribution in [0.4, 0.5) is 15.3 Å². The Morgan fingerprint density at radius 1 is 0.865 bits per heavy atom. The molecule has 13 heteroatoms. The monoisotopic (exact) mass is 783 g/mol. The second kappa shape index (κ2) is 18.8. The number of piperazine rings is 1. The van der Waals surface area contributed by atoms with Crippen LogP contribution in [0.5, 0.6) is 5.75 Å². The first-order chi connectivity index (χ1) is 25.1. The van der Waals surface area contributed by atoms with Crippen LogP contribution < -0.4 is 5.32 Å². The zero-order valence-electron chi connectivity index (χ0n) is 30.7. The van der Waals surface area contributed by atoms with Gasteiger partial charge in [-0.25, -0.2) is 9.59 Å². The van der Waals surface area contributed by atoms with Crippen LogP contribution in [-0.2, 0) is 31.9 Å². The summed E-state index contributed by atoms with van der Waals surface area (Å²) < 4.78 is 10.2. The lowest BCUT2D eigenvalue weighted by molar-refractivity contribution is -0.142. The van der Waals surface area contributed by atoms with Gasteiger partial charge in [-0.15, -0.1) is 0 Å². The van der Waals surface area contributed by atoms with Crippen LogP contribution in [0.1, 0.15) is 63.0 Å². The van der Waals surface area contributed by atoms with Crippen molar-refractivity contribution in [1.29, 1.82) is 0 Å². The Bertz CT molecular complexity index is 1530. The van der Waals surface area contributed by atoms with Gasteiger partial charge in [0, 0.05) is 75.9 Å². The quantitative estimate of drug-likeness (QED) is 0.332. The molecule has 4 amide bonds. The molecule has 1 saturated carbocycles. The molecular formula is C39H54BrN5O7. The average Bonchev–Trinajstić information content (AvgIpc) is 3.34. The largest absolute Gasteiger partial charge is 0.507 e. The highest BCUT2D eigenvalue weighted by Gasteiger charge is 2.33. The van der Waals surface area contributed by atoms with E-state index in [1.807, 2.05) is 47.1 Å². The standard InChI is InChI=1S/C23H33BrN2O4.C16H21N3O3/c1-16(13-18-5-8-21(27)20(24)14-18)23(29)26-11-9-25(10-12-26)19-6-3-17(4-7-19)15-22(28)30-2;1-22-16(21)18-9-7-13(8-10-18)19-11-6-12-4-2-3-5-14(12)17-15(19)20/h5,8,14,16-17,19,27H,3-4,6-7,9-13,15H2,1-2H3;2-5,13H,6-11H2,1H3,(H,17,20)/t16-,17?,19?;/m1./s1. The maximum atomic E-state index is 12.9. The molecular weight excluding hydrogens is 730 g/mol. The van der Waals surface area contributed by atoms with E-state index in [1.165, 1.54) is 19.8 Å². The molecule has 0 spiro atoms. The molecule has 0 bridgehead atoms. The van der Waals surface area contributed by atoms with Crippen molar-refractivity contribution < 1.29 is 33.8 Å². The van der Waals surface area contributed by atoms with Gasteiger partial charge in [0.1, 0.15) is 5.75 Å². The summed E-state index contributed by atoms with van der Waals surface area (Å²) in [5, 5.41) is 12.6. The fourth-order valence-corrected chi connectivity index (χ4v) is 8.42. The molecule has 3 fully saturated rings. The Balaban J connectivity index is 0.000000210. The zero-order chi connectivity index (χ0) is 37.2. The van der Waals surface area contributed by atoms with E-state index in [0.717, 1.165) is 82.4 Å². The maximum absolute atomic E-state index is 12.9. The minimum atomic E-state index is -0.286. The van der Waals surface area contributed by atoms with Crippen molar-refractivity contribution in [3.8, 4) is 5.75 Å². The molecule has 2 aromatic rings. The average molecular weight is 785 g/mol. The topological polar surface area (TPSA) is 132 Å². The summed E-state index contributed by atoms with van der Waals surface area (Å²) in [6.45, 7) is 7.38. The number of hydrogen-bond donors (Lipinski definition) is 2. The van der Waals surface area contributed by atoms with Gasteiger partial charge in [0.05, 0.1) is 18.7 Å². The molecule has 52 heavy (non-hydrogen) atoms. The molecule has 2 saturated heterocycles. The summed E-state index contributed by atoms with van der Waals surface area (Å²) in [5.41, 5.74) is 3.12. The first-order valence-electron chi connectivity index (χ1n) is 18.6. The number of para-hydroxylation sites is 1. The van der Waals surface area contributed by atoms with Crippen LogP contribution in [0.25, 0.3) is 0 Å². The van der Waals surface area contributed by atoms with E-state index < -0.39 is 0 Å². The van der Waals surface area contributed by atoms with Crippen molar-refractivity contribution in [1.82, 2.24) is 19.6 Å². The van der Waals surface area contributed by atoms with E-state index in [2.05, 4.69) is 32.2 Å². The fourth-order valence-electron chi connectivity index (χ4n) is 8.00. The van der Waals surface area contributed by atoms with E-state index in [9.17, 15) is 24.3 Å². The lowest BCUT2D eigenvalue weighted by Crippen LogP contribution is -2.53. The summed E-state index contributed by atoms with van der Waals surface area (Å²) in [4.78, 5) is 56.5. The number of nitrogens with one attached hydrogen (secondary N) is 1. The summed E-state index contributed by atoms with van der Waals surface area (Å²) in [5.74, 6) is 0.701. The van der Waals surface area contributed by atoms with Gasteiger partial charge in [-0.3, -0.25) is 14.5 Å². The van der Waals surface area contributed by atoms with Crippen LogP contribution in [-0.4, -0.2) is 121 Å². The molecule has 0 unspecified atom stereocenters. The fraction of sp³-hybridized carbons (Fsp3) is 0.590. The number of benzene rings is 2. The Labute approximate surface area is 315 Å². The highest BCUT2D eigenvalue weighted by Crippen LogP contribution is 2.31. The highest BCUT2D eigenvalue weighted by atomic mass is 79.9. The van der Waals surface area contributed by atoms with Crippen molar-refractivity contribution in [3.63, 3.8) is 0 Å². The van der Waals surface area contributed by atoms with Gasteiger partial charge < -0.3 is 34.6 Å². The third kappa shape index (κ3) is 10.4. The van der Waals surface area contributed by atoms with Crippen LogP contribution >= 0.6 is 15.9 Å². The molecule has 3 aliphatic heterocycles. The first kappa shape index (κ1) is 39.4. The Hall–Kier alpha value is -3.84. The number of amides is 4. The van der Waals surface area contributed by atoms with Crippen molar-refractivity contribution in [3.05, 3.63) is 58.1 Å². The number of aromatic hydroxyl groups is 1. The maximum Gasteiger partial charge on any atom is 0.409 e. The summed E-state index contributed by atoms with van der Waals surface area (Å²) in [6, 6.07) is 14.1. The number of urea groups is 1. The van der Waals surface area contributed by atoms with E-state index in [-0.39, 0.29) is 41.7 Å². The Morgan fingerprint density at radius 3 is 2.21 bits per heavy atom. The number of likely N-dealkylation sites (tertiary alicyclic amines) is 1. The number of halogens is 1. The number of phenolic OH excluding ortho intramolecular Hbond substituents is 1. The van der Waals surface area contributed by atoms with Gasteiger partial charge in [-0.05, 0) is 103 Å². The Kier molecular flexibility index (Phi) is 14.2. The number of anilines is 1. The summed E-state index contributed by atoms with van der Waals surface area (Å²) in [6.07, 6.45) is 7.78. The van der Waals surface area contributed by atoms with Crippen LogP contribution in [0.15, 0.2) is 46.9 Å². The van der Waals surface area contributed by atoms with Gasteiger partial charge >= 0.3 is 18.1 Å². The van der Waals surface area contributed by atoms with E-state index in [1.54, 1.807) is 11.0 Å². The first-order valence-corrected chi connectivity index (χ1v) is 19.4. The number of ether oxygens (including phenoxy) is 2. The summed E-state index contributed by atoms with van der Waals surface area (Å²) in [7, 11) is 2.85.